The predicted octanol–water partition coefficient (Wildman–Crippen LogP) is 2.93. The van der Waals surface area contributed by atoms with E-state index in [1.165, 1.54) is 32.1 Å². The molecular weight excluding hydrogens is 443 g/mol. The zero-order chi connectivity index (χ0) is 17.9. The number of hydrogen-bond acceptors (Lipinski definition) is 4. The van der Waals surface area contributed by atoms with E-state index in [0.29, 0.717) is 12.6 Å². The number of guanidine groups is 1. The van der Waals surface area contributed by atoms with Gasteiger partial charge < -0.3 is 19.9 Å². The number of rotatable bonds is 10. The summed E-state index contributed by atoms with van der Waals surface area (Å²) in [5.41, 5.74) is 0. The Morgan fingerprint density at radius 2 is 1.96 bits per heavy atom. The first kappa shape index (κ1) is 23.1. The van der Waals surface area contributed by atoms with Gasteiger partial charge in [-0.1, -0.05) is 26.2 Å². The number of aryl methyl sites for hydroxylation is 1. The molecular formula is C18H35IN6O. The van der Waals surface area contributed by atoms with E-state index in [0.717, 1.165) is 50.2 Å². The number of nitrogens with zero attached hydrogens (tertiary/aromatic N) is 4. The lowest BCUT2D eigenvalue weighted by atomic mass is 10.2. The number of hydrogen-bond donors (Lipinski definition) is 2. The average molecular weight is 478 g/mol. The second-order valence-electron chi connectivity index (χ2n) is 6.76. The van der Waals surface area contributed by atoms with Crippen molar-refractivity contribution in [1.82, 2.24) is 25.4 Å². The Balaban J connectivity index is 0.00000338. The molecule has 2 rings (SSSR count). The largest absolute Gasteiger partial charge is 0.381 e. The standard InChI is InChI=1S/C18H34N6O.HI/c1-4-5-12-25-13-8-11-19-18(21-16-9-6-7-10-16)20-14-17-23-22-15(2)24(17)3;/h16H,4-14H2,1-3H3,(H2,19,20,21);1H. The molecule has 0 atom stereocenters. The number of unbranched alkanes of at least 4 members (excludes halogenated alkanes) is 1. The molecule has 0 aliphatic heterocycles. The normalized spacial score (nSPS) is 15.1. The minimum atomic E-state index is 0. The van der Waals surface area contributed by atoms with Crippen molar-refractivity contribution in [3.63, 3.8) is 0 Å². The van der Waals surface area contributed by atoms with Crippen LogP contribution in [0.4, 0.5) is 0 Å². The third-order valence-electron chi connectivity index (χ3n) is 4.66. The molecule has 1 aliphatic carbocycles. The monoisotopic (exact) mass is 478 g/mol. The molecule has 26 heavy (non-hydrogen) atoms. The Bertz CT molecular complexity index is 528. The van der Waals surface area contributed by atoms with E-state index in [9.17, 15) is 0 Å². The molecule has 0 saturated heterocycles. The fraction of sp³-hybridized carbons (Fsp3) is 0.833. The Morgan fingerprint density at radius 3 is 2.62 bits per heavy atom. The number of nitrogens with one attached hydrogen (secondary N) is 2. The van der Waals surface area contributed by atoms with Gasteiger partial charge in [0.05, 0.1) is 0 Å². The third kappa shape index (κ3) is 8.20. The Morgan fingerprint density at radius 1 is 1.23 bits per heavy atom. The molecule has 8 heteroatoms. The number of aromatic nitrogens is 3. The molecule has 0 unspecified atom stereocenters. The zero-order valence-electron chi connectivity index (χ0n) is 16.5. The van der Waals surface area contributed by atoms with Crippen molar-refractivity contribution in [2.24, 2.45) is 12.0 Å². The van der Waals surface area contributed by atoms with Gasteiger partial charge in [0, 0.05) is 32.8 Å². The molecule has 0 spiro atoms. The lowest BCUT2D eigenvalue weighted by Crippen LogP contribution is -2.43. The predicted molar refractivity (Wildman–Crippen MR) is 116 cm³/mol. The Labute approximate surface area is 174 Å². The maximum atomic E-state index is 5.62. The number of aliphatic imine (C=N–C) groups is 1. The van der Waals surface area contributed by atoms with Crippen LogP contribution in [0, 0.1) is 6.92 Å². The molecule has 0 radical (unpaired) electrons. The molecule has 1 aromatic rings. The molecule has 2 N–H and O–H groups in total. The van der Waals surface area contributed by atoms with E-state index in [4.69, 9.17) is 9.73 Å². The van der Waals surface area contributed by atoms with Crippen molar-refractivity contribution in [1.29, 1.82) is 0 Å². The summed E-state index contributed by atoms with van der Waals surface area (Å²) in [5.74, 6) is 2.67. The van der Waals surface area contributed by atoms with Crippen LogP contribution in [0.2, 0.25) is 0 Å². The summed E-state index contributed by atoms with van der Waals surface area (Å²) in [5, 5.41) is 15.3. The van der Waals surface area contributed by atoms with Gasteiger partial charge in [0.15, 0.2) is 11.8 Å². The average Bonchev–Trinajstić information content (AvgIpc) is 3.23. The van der Waals surface area contributed by atoms with Gasteiger partial charge in [-0.15, -0.1) is 34.2 Å². The fourth-order valence-electron chi connectivity index (χ4n) is 2.88. The van der Waals surface area contributed by atoms with Crippen molar-refractivity contribution in [2.45, 2.75) is 71.4 Å². The molecule has 0 aromatic carbocycles. The van der Waals surface area contributed by atoms with Crippen molar-refractivity contribution in [3.05, 3.63) is 11.6 Å². The zero-order valence-corrected chi connectivity index (χ0v) is 18.8. The molecule has 1 aliphatic rings. The maximum Gasteiger partial charge on any atom is 0.191 e. The molecule has 0 bridgehead atoms. The first-order chi connectivity index (χ1) is 12.2. The lowest BCUT2D eigenvalue weighted by molar-refractivity contribution is 0.129. The molecule has 150 valence electrons. The molecule has 1 aromatic heterocycles. The van der Waals surface area contributed by atoms with E-state index >= 15 is 0 Å². The maximum absolute atomic E-state index is 5.62. The van der Waals surface area contributed by atoms with Crippen LogP contribution in [0.15, 0.2) is 4.99 Å². The number of ether oxygens (including phenoxy) is 1. The highest BCUT2D eigenvalue weighted by atomic mass is 127. The summed E-state index contributed by atoms with van der Waals surface area (Å²) in [7, 11) is 1.98. The minimum absolute atomic E-state index is 0. The van der Waals surface area contributed by atoms with Gasteiger partial charge in [-0.05, 0) is 32.6 Å². The van der Waals surface area contributed by atoms with Crippen molar-refractivity contribution < 1.29 is 4.74 Å². The summed E-state index contributed by atoms with van der Waals surface area (Å²) in [6.07, 6.45) is 8.37. The van der Waals surface area contributed by atoms with Crippen LogP contribution < -0.4 is 10.6 Å². The van der Waals surface area contributed by atoms with Gasteiger partial charge in [0.25, 0.3) is 0 Å². The summed E-state index contributed by atoms with van der Waals surface area (Å²) < 4.78 is 7.60. The van der Waals surface area contributed by atoms with E-state index in [-0.39, 0.29) is 24.0 Å². The molecule has 1 saturated carbocycles. The Hall–Kier alpha value is -0.900. The number of halogens is 1. The summed E-state index contributed by atoms with van der Waals surface area (Å²) in [6.45, 7) is 7.19. The van der Waals surface area contributed by atoms with Gasteiger partial charge >= 0.3 is 0 Å². The van der Waals surface area contributed by atoms with Crippen LogP contribution in [0.3, 0.4) is 0 Å². The highest BCUT2D eigenvalue weighted by molar-refractivity contribution is 14.0. The van der Waals surface area contributed by atoms with Gasteiger partial charge in [-0.25, -0.2) is 4.99 Å². The third-order valence-corrected chi connectivity index (χ3v) is 4.66. The second kappa shape index (κ2) is 13.3. The highest BCUT2D eigenvalue weighted by Gasteiger charge is 2.16. The van der Waals surface area contributed by atoms with E-state index in [1.807, 2.05) is 18.5 Å². The highest BCUT2D eigenvalue weighted by Crippen LogP contribution is 2.17. The van der Waals surface area contributed by atoms with Gasteiger partial charge in [0.1, 0.15) is 12.4 Å². The summed E-state index contributed by atoms with van der Waals surface area (Å²) >= 11 is 0. The van der Waals surface area contributed by atoms with Crippen LogP contribution in [0.5, 0.6) is 0 Å². The fourth-order valence-corrected chi connectivity index (χ4v) is 2.88. The molecule has 7 nitrogen and oxygen atoms in total. The lowest BCUT2D eigenvalue weighted by Gasteiger charge is -2.17. The minimum Gasteiger partial charge on any atom is -0.381 e. The molecule has 1 heterocycles. The quantitative estimate of drug-likeness (QED) is 0.234. The summed E-state index contributed by atoms with van der Waals surface area (Å²) in [4.78, 5) is 4.71. The van der Waals surface area contributed by atoms with E-state index < -0.39 is 0 Å². The SMILES string of the molecule is CCCCOCCCNC(=NCc1nnc(C)n1C)NC1CCCC1.I. The van der Waals surface area contributed by atoms with Crippen molar-refractivity contribution in [2.75, 3.05) is 19.8 Å². The van der Waals surface area contributed by atoms with Crippen LogP contribution in [-0.2, 0) is 18.3 Å². The van der Waals surface area contributed by atoms with Crippen molar-refractivity contribution >= 4 is 29.9 Å². The topological polar surface area (TPSA) is 76.4 Å². The molecule has 0 amide bonds. The molecule has 1 fully saturated rings. The van der Waals surface area contributed by atoms with Crippen molar-refractivity contribution in [3.8, 4) is 0 Å². The van der Waals surface area contributed by atoms with E-state index in [2.05, 4.69) is 27.8 Å². The van der Waals surface area contributed by atoms with Crippen LogP contribution in [-0.4, -0.2) is 46.5 Å². The van der Waals surface area contributed by atoms with Gasteiger partial charge in [0.2, 0.25) is 0 Å². The second-order valence-corrected chi connectivity index (χ2v) is 6.76. The van der Waals surface area contributed by atoms with Gasteiger partial charge in [-0.2, -0.15) is 0 Å². The van der Waals surface area contributed by atoms with Gasteiger partial charge in [-0.3, -0.25) is 0 Å². The van der Waals surface area contributed by atoms with E-state index in [1.54, 1.807) is 0 Å². The van der Waals surface area contributed by atoms with Crippen LogP contribution in [0.1, 0.15) is 63.5 Å². The smallest absolute Gasteiger partial charge is 0.191 e. The first-order valence-corrected chi connectivity index (χ1v) is 9.68. The summed E-state index contributed by atoms with van der Waals surface area (Å²) in [6, 6.07) is 0.535. The Kier molecular flexibility index (Phi) is 11.8. The van der Waals surface area contributed by atoms with Crippen LogP contribution in [0.25, 0.3) is 0 Å². The van der Waals surface area contributed by atoms with Crippen LogP contribution >= 0.6 is 24.0 Å². The first-order valence-electron chi connectivity index (χ1n) is 9.68.